The molecule has 0 unspecified atom stereocenters. The van der Waals surface area contributed by atoms with Crippen LogP contribution in [0.2, 0.25) is 0 Å². The van der Waals surface area contributed by atoms with Crippen LogP contribution in [0.15, 0.2) is 78.9 Å². The minimum absolute atomic E-state index is 0.168. The standard InChI is InChI=1S/C34H31N/c1-32(2)16-17-33(3,4)26-19-29-27(18-25(26)32)34-23-13-7-5-10-20(23)30(21-11-6-8-14-24(21)34)22-12-9-15-28(35-29)31(22)34/h5-15,18-19,30,35H,16-17H2,1-4H3. The molecule has 35 heavy (non-hydrogen) atoms. The molecule has 0 saturated heterocycles. The smallest absolute Gasteiger partial charge is 0.0751 e. The fraction of sp³-hybridized carbons (Fsp3) is 0.294. The summed E-state index contributed by atoms with van der Waals surface area (Å²) in [6.07, 6.45) is 2.45. The molecule has 1 aliphatic heterocycles. The minimum atomic E-state index is -0.277. The van der Waals surface area contributed by atoms with Crippen molar-refractivity contribution in [2.75, 3.05) is 5.32 Å². The Bertz CT molecular complexity index is 1540. The normalized spacial score (nSPS) is 24.9. The molecule has 0 aromatic heterocycles. The molecule has 1 heterocycles. The first kappa shape index (κ1) is 19.9. The number of nitrogens with one attached hydrogen (secondary N) is 1. The quantitative estimate of drug-likeness (QED) is 0.244. The summed E-state index contributed by atoms with van der Waals surface area (Å²) in [7, 11) is 0. The number of hydrogen-bond acceptors (Lipinski definition) is 1. The van der Waals surface area contributed by atoms with E-state index in [1.54, 1.807) is 0 Å². The SMILES string of the molecule is CC1(C)CCC(C)(C)c2cc3c(cc21)Nc1cccc2c1C31c3ccccc3C2c2ccccc21. The van der Waals surface area contributed by atoms with E-state index < -0.39 is 0 Å². The summed E-state index contributed by atoms with van der Waals surface area (Å²) in [5, 5.41) is 3.94. The topological polar surface area (TPSA) is 12.0 Å². The summed E-state index contributed by atoms with van der Waals surface area (Å²) < 4.78 is 0. The van der Waals surface area contributed by atoms with Crippen LogP contribution in [0.1, 0.15) is 96.5 Å². The maximum Gasteiger partial charge on any atom is 0.0751 e. The second-order valence-electron chi connectivity index (χ2n) is 12.5. The third-order valence-corrected chi connectivity index (χ3v) is 9.80. The Labute approximate surface area is 208 Å². The van der Waals surface area contributed by atoms with E-state index in [9.17, 15) is 0 Å². The average molecular weight is 454 g/mol. The number of fused-ring (bicyclic) bond motifs is 2. The summed E-state index contributed by atoms with van der Waals surface area (Å²) in [4.78, 5) is 0. The van der Waals surface area contributed by atoms with Crippen LogP contribution in [0.25, 0.3) is 0 Å². The van der Waals surface area contributed by atoms with Gasteiger partial charge < -0.3 is 5.32 Å². The van der Waals surface area contributed by atoms with Gasteiger partial charge in [-0.1, -0.05) is 94.4 Å². The zero-order chi connectivity index (χ0) is 23.7. The second-order valence-corrected chi connectivity index (χ2v) is 12.5. The van der Waals surface area contributed by atoms with Gasteiger partial charge in [0.25, 0.3) is 0 Å². The Morgan fingerprint density at radius 1 is 0.571 bits per heavy atom. The molecule has 9 rings (SSSR count). The van der Waals surface area contributed by atoms with Crippen molar-refractivity contribution in [3.05, 3.63) is 129 Å². The molecule has 4 aromatic carbocycles. The lowest BCUT2D eigenvalue weighted by Gasteiger charge is -2.54. The molecule has 0 fully saturated rings. The number of rotatable bonds is 0. The Morgan fingerprint density at radius 3 is 1.80 bits per heavy atom. The van der Waals surface area contributed by atoms with Crippen molar-refractivity contribution in [2.24, 2.45) is 0 Å². The van der Waals surface area contributed by atoms with Crippen LogP contribution < -0.4 is 5.32 Å². The van der Waals surface area contributed by atoms with E-state index in [2.05, 4.69) is 112 Å². The van der Waals surface area contributed by atoms with Crippen molar-refractivity contribution in [3.8, 4) is 0 Å². The molecule has 0 radical (unpaired) electrons. The summed E-state index contributed by atoms with van der Waals surface area (Å²) in [6.45, 7) is 9.74. The van der Waals surface area contributed by atoms with E-state index in [0.29, 0.717) is 5.92 Å². The van der Waals surface area contributed by atoms with E-state index in [1.165, 1.54) is 74.3 Å². The van der Waals surface area contributed by atoms with E-state index in [0.717, 1.165) is 0 Å². The molecule has 1 spiro atoms. The van der Waals surface area contributed by atoms with E-state index in [1.807, 2.05) is 0 Å². The largest absolute Gasteiger partial charge is 0.355 e. The molecular formula is C34H31N. The molecule has 172 valence electrons. The Hall–Kier alpha value is -3.32. The maximum absolute atomic E-state index is 3.94. The number of hydrogen-bond donors (Lipinski definition) is 1. The van der Waals surface area contributed by atoms with Gasteiger partial charge in [0, 0.05) is 17.3 Å². The third-order valence-electron chi connectivity index (χ3n) is 9.80. The fourth-order valence-corrected chi connectivity index (χ4v) is 8.03. The van der Waals surface area contributed by atoms with E-state index in [-0.39, 0.29) is 16.2 Å². The highest BCUT2D eigenvalue weighted by Gasteiger charge is 2.56. The second kappa shape index (κ2) is 6.08. The van der Waals surface area contributed by atoms with Gasteiger partial charge >= 0.3 is 0 Å². The van der Waals surface area contributed by atoms with Crippen LogP contribution in [0.3, 0.4) is 0 Å². The van der Waals surface area contributed by atoms with Gasteiger partial charge in [0.2, 0.25) is 0 Å². The van der Waals surface area contributed by atoms with Gasteiger partial charge in [-0.25, -0.2) is 0 Å². The zero-order valence-electron chi connectivity index (χ0n) is 21.0. The van der Waals surface area contributed by atoms with Gasteiger partial charge in [0.1, 0.15) is 0 Å². The van der Waals surface area contributed by atoms with Crippen LogP contribution in [0.4, 0.5) is 11.4 Å². The van der Waals surface area contributed by atoms with Crippen molar-refractivity contribution in [1.82, 2.24) is 0 Å². The molecule has 2 bridgehead atoms. The highest BCUT2D eigenvalue weighted by Crippen LogP contribution is 2.66. The molecule has 5 aliphatic rings. The van der Waals surface area contributed by atoms with E-state index >= 15 is 0 Å². The van der Waals surface area contributed by atoms with Crippen molar-refractivity contribution in [3.63, 3.8) is 0 Å². The van der Waals surface area contributed by atoms with Gasteiger partial charge in [-0.2, -0.15) is 0 Å². The van der Waals surface area contributed by atoms with E-state index in [4.69, 9.17) is 0 Å². The molecule has 1 heteroatoms. The Balaban J connectivity index is 1.58. The third kappa shape index (κ3) is 2.18. The van der Waals surface area contributed by atoms with Gasteiger partial charge in [-0.3, -0.25) is 0 Å². The predicted octanol–water partition coefficient (Wildman–Crippen LogP) is 8.28. The minimum Gasteiger partial charge on any atom is -0.355 e. The maximum atomic E-state index is 3.94. The van der Waals surface area contributed by atoms with Crippen molar-refractivity contribution >= 4 is 11.4 Å². The van der Waals surface area contributed by atoms with Crippen LogP contribution in [-0.4, -0.2) is 0 Å². The molecule has 0 atom stereocenters. The van der Waals surface area contributed by atoms with Crippen LogP contribution in [-0.2, 0) is 16.2 Å². The molecule has 0 saturated carbocycles. The van der Waals surface area contributed by atoms with Gasteiger partial charge in [-0.15, -0.1) is 0 Å². The summed E-state index contributed by atoms with van der Waals surface area (Å²) in [5.74, 6) is 0.301. The first-order valence-electron chi connectivity index (χ1n) is 13.1. The van der Waals surface area contributed by atoms with Crippen molar-refractivity contribution < 1.29 is 0 Å². The molecule has 0 amide bonds. The van der Waals surface area contributed by atoms with Gasteiger partial charge in [0.15, 0.2) is 0 Å². The first-order valence-corrected chi connectivity index (χ1v) is 13.1. The molecule has 4 aliphatic carbocycles. The molecule has 4 aromatic rings. The lowest BCUT2D eigenvalue weighted by atomic mass is 9.49. The van der Waals surface area contributed by atoms with Crippen molar-refractivity contribution in [1.29, 1.82) is 0 Å². The molecule has 1 N–H and O–H groups in total. The van der Waals surface area contributed by atoms with Crippen LogP contribution >= 0.6 is 0 Å². The van der Waals surface area contributed by atoms with Gasteiger partial charge in [0.05, 0.1) is 5.41 Å². The van der Waals surface area contributed by atoms with Crippen LogP contribution in [0, 0.1) is 0 Å². The monoisotopic (exact) mass is 453 g/mol. The summed E-state index contributed by atoms with van der Waals surface area (Å²) in [6, 6.07) is 30.5. The average Bonchev–Trinajstić information content (AvgIpc) is 2.86. The molecular weight excluding hydrogens is 422 g/mol. The first-order chi connectivity index (χ1) is 16.8. The van der Waals surface area contributed by atoms with Crippen molar-refractivity contribution in [2.45, 2.75) is 62.7 Å². The number of benzene rings is 4. The highest BCUT2D eigenvalue weighted by atomic mass is 14.9. The zero-order valence-corrected chi connectivity index (χ0v) is 21.0. The fourth-order valence-electron chi connectivity index (χ4n) is 8.03. The molecule has 1 nitrogen and oxygen atoms in total. The highest BCUT2D eigenvalue weighted by molar-refractivity contribution is 5.89. The number of anilines is 2. The van der Waals surface area contributed by atoms with Gasteiger partial charge in [-0.05, 0) is 85.9 Å². The lowest BCUT2D eigenvalue weighted by molar-refractivity contribution is 0.331. The Kier molecular flexibility index (Phi) is 3.46. The van der Waals surface area contributed by atoms with Crippen LogP contribution in [0.5, 0.6) is 0 Å². The Morgan fingerprint density at radius 2 is 1.14 bits per heavy atom. The predicted molar refractivity (Wildman–Crippen MR) is 144 cm³/mol. The summed E-state index contributed by atoms with van der Waals surface area (Å²) in [5.41, 5.74) is 15.9. The lowest BCUT2D eigenvalue weighted by Crippen LogP contribution is -2.46. The summed E-state index contributed by atoms with van der Waals surface area (Å²) >= 11 is 0.